The van der Waals surface area contributed by atoms with E-state index in [-0.39, 0.29) is 5.91 Å². The molecule has 0 fully saturated rings. The van der Waals surface area contributed by atoms with Crippen molar-refractivity contribution in [2.24, 2.45) is 0 Å². The minimum Gasteiger partial charge on any atom is -0.321 e. The molecular formula is C14H11N3OS2. The number of carbonyl (C=O) groups excluding carboxylic acids is 1. The second-order valence-electron chi connectivity index (χ2n) is 4.25. The van der Waals surface area contributed by atoms with Gasteiger partial charge in [0.2, 0.25) is 0 Å². The zero-order valence-electron chi connectivity index (χ0n) is 10.7. The van der Waals surface area contributed by atoms with Crippen LogP contribution in [0, 0.1) is 6.92 Å². The van der Waals surface area contributed by atoms with Crippen molar-refractivity contribution in [3.8, 4) is 10.6 Å². The van der Waals surface area contributed by atoms with E-state index in [1.54, 1.807) is 11.3 Å². The van der Waals surface area contributed by atoms with Gasteiger partial charge in [0, 0.05) is 5.69 Å². The Morgan fingerprint density at radius 3 is 2.70 bits per heavy atom. The van der Waals surface area contributed by atoms with Crippen LogP contribution in [0.4, 0.5) is 5.69 Å². The number of aryl methyl sites for hydroxylation is 1. The topological polar surface area (TPSA) is 54.9 Å². The van der Waals surface area contributed by atoms with Crippen molar-refractivity contribution in [2.75, 3.05) is 5.32 Å². The summed E-state index contributed by atoms with van der Waals surface area (Å²) < 4.78 is 3.89. The summed E-state index contributed by atoms with van der Waals surface area (Å²) in [5.74, 6) is -0.174. The van der Waals surface area contributed by atoms with E-state index >= 15 is 0 Å². The molecule has 6 heteroatoms. The van der Waals surface area contributed by atoms with Crippen LogP contribution in [0.3, 0.4) is 0 Å². The van der Waals surface area contributed by atoms with Gasteiger partial charge in [-0.2, -0.15) is 0 Å². The second kappa shape index (κ2) is 5.52. The summed E-state index contributed by atoms with van der Waals surface area (Å²) in [6.07, 6.45) is 0. The van der Waals surface area contributed by atoms with Crippen molar-refractivity contribution in [1.29, 1.82) is 0 Å². The molecule has 0 saturated carbocycles. The molecule has 0 saturated heterocycles. The van der Waals surface area contributed by atoms with Crippen LogP contribution in [0.2, 0.25) is 0 Å². The van der Waals surface area contributed by atoms with Crippen LogP contribution >= 0.6 is 22.9 Å². The Labute approximate surface area is 124 Å². The van der Waals surface area contributed by atoms with Crippen LogP contribution in [-0.4, -0.2) is 15.5 Å². The van der Waals surface area contributed by atoms with Crippen molar-refractivity contribution in [3.63, 3.8) is 0 Å². The molecule has 0 spiro atoms. The largest absolute Gasteiger partial charge is 0.321 e. The lowest BCUT2D eigenvalue weighted by atomic mass is 10.2. The number of thiophene rings is 1. The van der Waals surface area contributed by atoms with Crippen molar-refractivity contribution in [2.45, 2.75) is 6.92 Å². The predicted octanol–water partition coefficient (Wildman–Crippen LogP) is 3.83. The van der Waals surface area contributed by atoms with Gasteiger partial charge >= 0.3 is 0 Å². The van der Waals surface area contributed by atoms with E-state index in [1.807, 2.05) is 48.7 Å². The molecule has 1 N–H and O–H groups in total. The van der Waals surface area contributed by atoms with Gasteiger partial charge in [0.25, 0.3) is 5.91 Å². The first-order valence-corrected chi connectivity index (χ1v) is 7.63. The predicted molar refractivity (Wildman–Crippen MR) is 82.4 cm³/mol. The average molecular weight is 301 g/mol. The number of aromatic nitrogens is 2. The lowest BCUT2D eigenvalue weighted by molar-refractivity contribution is 0.103. The highest BCUT2D eigenvalue weighted by molar-refractivity contribution is 7.14. The van der Waals surface area contributed by atoms with Crippen molar-refractivity contribution in [1.82, 2.24) is 9.59 Å². The number of hydrogen-bond acceptors (Lipinski definition) is 5. The fourth-order valence-corrected chi connectivity index (χ4v) is 3.09. The normalized spacial score (nSPS) is 10.4. The summed E-state index contributed by atoms with van der Waals surface area (Å²) in [7, 11) is 0. The molecule has 3 rings (SSSR count). The first kappa shape index (κ1) is 13.0. The van der Waals surface area contributed by atoms with E-state index in [9.17, 15) is 4.79 Å². The fraction of sp³-hybridized carbons (Fsp3) is 0.0714. The van der Waals surface area contributed by atoms with Gasteiger partial charge in [-0.1, -0.05) is 28.3 Å². The van der Waals surface area contributed by atoms with Gasteiger partial charge in [0.1, 0.15) is 10.6 Å². The van der Waals surface area contributed by atoms with E-state index in [1.165, 1.54) is 0 Å². The molecule has 2 heterocycles. The highest BCUT2D eigenvalue weighted by Gasteiger charge is 2.18. The Kier molecular flexibility index (Phi) is 3.58. The molecule has 1 amide bonds. The number of anilines is 1. The van der Waals surface area contributed by atoms with E-state index < -0.39 is 0 Å². The number of rotatable bonds is 3. The van der Waals surface area contributed by atoms with Crippen LogP contribution in [0.1, 0.15) is 15.2 Å². The molecule has 20 heavy (non-hydrogen) atoms. The molecule has 0 bridgehead atoms. The molecule has 0 atom stereocenters. The third kappa shape index (κ3) is 2.61. The van der Waals surface area contributed by atoms with E-state index in [4.69, 9.17) is 0 Å². The van der Waals surface area contributed by atoms with Crippen LogP contribution in [0.15, 0.2) is 41.8 Å². The molecule has 3 aromatic rings. The lowest BCUT2D eigenvalue weighted by Crippen LogP contribution is -2.11. The first-order valence-electron chi connectivity index (χ1n) is 5.98. The third-order valence-corrected chi connectivity index (χ3v) is 4.36. The monoisotopic (exact) mass is 301 g/mol. The zero-order valence-corrected chi connectivity index (χ0v) is 12.3. The van der Waals surface area contributed by atoms with Crippen molar-refractivity contribution in [3.05, 3.63) is 52.2 Å². The Morgan fingerprint density at radius 1 is 1.20 bits per heavy atom. The molecule has 0 radical (unpaired) electrons. The van der Waals surface area contributed by atoms with Gasteiger partial charge in [-0.05, 0) is 42.0 Å². The molecule has 0 aliphatic carbocycles. The van der Waals surface area contributed by atoms with Gasteiger partial charge in [-0.3, -0.25) is 4.79 Å². The SMILES string of the molecule is Cc1ccc(NC(=O)c2snnc2-c2cccs2)cc1. The first-order chi connectivity index (χ1) is 9.74. The van der Waals surface area contributed by atoms with Gasteiger partial charge < -0.3 is 5.32 Å². The summed E-state index contributed by atoms with van der Waals surface area (Å²) in [5.41, 5.74) is 2.57. The van der Waals surface area contributed by atoms with Crippen molar-refractivity contribution >= 4 is 34.5 Å². The minimum absolute atomic E-state index is 0.174. The number of nitrogens with one attached hydrogen (secondary N) is 1. The number of amides is 1. The third-order valence-electron chi connectivity index (χ3n) is 2.76. The smallest absolute Gasteiger partial charge is 0.269 e. The number of carbonyl (C=O) groups is 1. The van der Waals surface area contributed by atoms with Gasteiger partial charge in [-0.15, -0.1) is 16.4 Å². The molecule has 1 aromatic carbocycles. The lowest BCUT2D eigenvalue weighted by Gasteiger charge is -2.04. The minimum atomic E-state index is -0.174. The highest BCUT2D eigenvalue weighted by Crippen LogP contribution is 2.28. The fourth-order valence-electron chi connectivity index (χ4n) is 1.74. The average Bonchev–Trinajstić information content (AvgIpc) is 3.11. The van der Waals surface area contributed by atoms with E-state index in [0.717, 1.165) is 27.7 Å². The summed E-state index contributed by atoms with van der Waals surface area (Å²) in [5, 5.41) is 8.88. The second-order valence-corrected chi connectivity index (χ2v) is 5.95. The molecular weight excluding hydrogens is 290 g/mol. The van der Waals surface area contributed by atoms with Gasteiger partial charge in [-0.25, -0.2) is 0 Å². The Hall–Kier alpha value is -2.05. The van der Waals surface area contributed by atoms with Crippen molar-refractivity contribution < 1.29 is 4.79 Å². The standard InChI is InChI=1S/C14H11N3OS2/c1-9-4-6-10(7-5-9)15-14(18)13-12(16-17-20-13)11-3-2-8-19-11/h2-8H,1H3,(H,15,18). The van der Waals surface area contributed by atoms with Crippen LogP contribution in [0.25, 0.3) is 10.6 Å². The molecule has 0 aliphatic heterocycles. The summed E-state index contributed by atoms with van der Waals surface area (Å²) in [6, 6.07) is 11.5. The maximum Gasteiger partial charge on any atom is 0.269 e. The zero-order chi connectivity index (χ0) is 13.9. The van der Waals surface area contributed by atoms with Crippen LogP contribution < -0.4 is 5.32 Å². The Bertz CT molecular complexity index is 717. The van der Waals surface area contributed by atoms with Crippen LogP contribution in [-0.2, 0) is 0 Å². The van der Waals surface area contributed by atoms with Gasteiger partial charge in [0.05, 0.1) is 4.88 Å². The molecule has 4 nitrogen and oxygen atoms in total. The molecule has 100 valence electrons. The van der Waals surface area contributed by atoms with Crippen LogP contribution in [0.5, 0.6) is 0 Å². The molecule has 0 aliphatic rings. The summed E-state index contributed by atoms with van der Waals surface area (Å²) in [4.78, 5) is 13.8. The molecule has 2 aromatic heterocycles. The maximum absolute atomic E-state index is 12.3. The Morgan fingerprint density at radius 2 is 2.00 bits per heavy atom. The van der Waals surface area contributed by atoms with E-state index in [0.29, 0.717) is 10.6 Å². The number of nitrogens with zero attached hydrogens (tertiary/aromatic N) is 2. The van der Waals surface area contributed by atoms with Gasteiger partial charge in [0.15, 0.2) is 0 Å². The summed E-state index contributed by atoms with van der Waals surface area (Å²) >= 11 is 2.66. The highest BCUT2D eigenvalue weighted by atomic mass is 32.1. The summed E-state index contributed by atoms with van der Waals surface area (Å²) in [6.45, 7) is 2.01. The Balaban J connectivity index is 1.85. The quantitative estimate of drug-likeness (QED) is 0.800. The number of hydrogen-bond donors (Lipinski definition) is 1. The van der Waals surface area contributed by atoms with E-state index in [2.05, 4.69) is 14.9 Å². The number of benzene rings is 1. The molecule has 0 unspecified atom stereocenters. The maximum atomic E-state index is 12.3.